The van der Waals surface area contributed by atoms with E-state index in [1.807, 2.05) is 60.7 Å². The van der Waals surface area contributed by atoms with Gasteiger partial charge in [0.05, 0.1) is 5.92 Å². The van der Waals surface area contributed by atoms with E-state index >= 15 is 0 Å². The van der Waals surface area contributed by atoms with Crippen molar-refractivity contribution in [2.45, 2.75) is 12.8 Å². The van der Waals surface area contributed by atoms with Crippen molar-refractivity contribution >= 4 is 5.91 Å². The lowest BCUT2D eigenvalue weighted by Gasteiger charge is -2.17. The van der Waals surface area contributed by atoms with Crippen LogP contribution in [0.2, 0.25) is 0 Å². The van der Waals surface area contributed by atoms with E-state index in [1.165, 1.54) is 5.56 Å². The fraction of sp³-hybridized carbons (Fsp3) is 0.0952. The monoisotopic (exact) mass is 317 g/mol. The van der Waals surface area contributed by atoms with Crippen molar-refractivity contribution < 1.29 is 10.0 Å². The number of carbonyl (C=O) groups excluding carboxylic acids is 1. The van der Waals surface area contributed by atoms with Crippen LogP contribution in [0, 0.1) is 6.92 Å². The van der Waals surface area contributed by atoms with Gasteiger partial charge in [-0.3, -0.25) is 10.0 Å². The zero-order valence-corrected chi connectivity index (χ0v) is 13.4. The zero-order chi connectivity index (χ0) is 16.9. The van der Waals surface area contributed by atoms with Crippen molar-refractivity contribution in [2.24, 2.45) is 0 Å². The van der Waals surface area contributed by atoms with E-state index in [0.29, 0.717) is 0 Å². The third kappa shape index (κ3) is 3.36. The van der Waals surface area contributed by atoms with Gasteiger partial charge >= 0.3 is 0 Å². The first-order chi connectivity index (χ1) is 11.7. The molecule has 1 unspecified atom stereocenters. The van der Waals surface area contributed by atoms with E-state index in [-0.39, 0.29) is 0 Å². The predicted octanol–water partition coefficient (Wildman–Crippen LogP) is 4.30. The van der Waals surface area contributed by atoms with Crippen LogP contribution in [0.25, 0.3) is 11.1 Å². The molecule has 0 radical (unpaired) electrons. The van der Waals surface area contributed by atoms with Gasteiger partial charge in [-0.2, -0.15) is 0 Å². The molecule has 0 aromatic heterocycles. The molecule has 0 saturated heterocycles. The van der Waals surface area contributed by atoms with Gasteiger partial charge in [-0.1, -0.05) is 84.4 Å². The molecule has 1 amide bonds. The van der Waals surface area contributed by atoms with Gasteiger partial charge in [0, 0.05) is 0 Å². The van der Waals surface area contributed by atoms with Gasteiger partial charge < -0.3 is 0 Å². The summed E-state index contributed by atoms with van der Waals surface area (Å²) in [5, 5.41) is 9.15. The summed E-state index contributed by atoms with van der Waals surface area (Å²) in [6.45, 7) is 2.05. The molecular formula is C21H19NO2. The Morgan fingerprint density at radius 3 is 2.12 bits per heavy atom. The summed E-state index contributed by atoms with van der Waals surface area (Å²) >= 11 is 0. The Bertz CT molecular complexity index is 843. The molecule has 2 N–H and O–H groups in total. The number of hydrogen-bond acceptors (Lipinski definition) is 2. The molecule has 0 spiro atoms. The van der Waals surface area contributed by atoms with Gasteiger partial charge in [-0.05, 0) is 29.2 Å². The Morgan fingerprint density at radius 1 is 0.833 bits per heavy atom. The number of benzene rings is 3. The molecule has 3 aromatic carbocycles. The number of hydroxylamine groups is 1. The van der Waals surface area contributed by atoms with Gasteiger partial charge in [0.2, 0.25) is 0 Å². The van der Waals surface area contributed by atoms with E-state index in [2.05, 4.69) is 25.1 Å². The van der Waals surface area contributed by atoms with Gasteiger partial charge in [0.25, 0.3) is 5.91 Å². The number of hydrogen-bond donors (Lipinski definition) is 2. The number of rotatable bonds is 4. The number of amides is 1. The largest absolute Gasteiger partial charge is 0.289 e. The standard InChI is InChI=1S/C21H19NO2/c1-15-7-5-10-17(13-15)18-11-6-12-19(14-18)20(21(23)22-24)16-8-3-2-4-9-16/h2-14,20,24H,1H3,(H,22,23). The molecule has 0 aliphatic rings. The van der Waals surface area contributed by atoms with Crippen molar-refractivity contribution in [1.29, 1.82) is 0 Å². The molecular weight excluding hydrogens is 298 g/mol. The van der Waals surface area contributed by atoms with Crippen molar-refractivity contribution in [3.63, 3.8) is 0 Å². The summed E-state index contributed by atoms with van der Waals surface area (Å²) in [5.74, 6) is -0.997. The highest BCUT2D eigenvalue weighted by Gasteiger charge is 2.22. The maximum absolute atomic E-state index is 12.3. The van der Waals surface area contributed by atoms with E-state index in [0.717, 1.165) is 22.3 Å². The Balaban J connectivity index is 2.06. The Morgan fingerprint density at radius 2 is 1.46 bits per heavy atom. The van der Waals surface area contributed by atoms with Gasteiger partial charge in [-0.25, -0.2) is 5.48 Å². The zero-order valence-electron chi connectivity index (χ0n) is 13.4. The van der Waals surface area contributed by atoms with Crippen LogP contribution in [0.15, 0.2) is 78.9 Å². The van der Waals surface area contributed by atoms with Crippen molar-refractivity contribution in [2.75, 3.05) is 0 Å². The summed E-state index contributed by atoms with van der Waals surface area (Å²) in [6.07, 6.45) is 0. The predicted molar refractivity (Wildman–Crippen MR) is 94.8 cm³/mol. The first kappa shape index (κ1) is 16.0. The van der Waals surface area contributed by atoms with Crippen molar-refractivity contribution in [3.05, 3.63) is 95.6 Å². The quantitative estimate of drug-likeness (QED) is 0.557. The van der Waals surface area contributed by atoms with Crippen molar-refractivity contribution in [1.82, 2.24) is 5.48 Å². The minimum Gasteiger partial charge on any atom is -0.289 e. The highest BCUT2D eigenvalue weighted by atomic mass is 16.5. The van der Waals surface area contributed by atoms with E-state index in [9.17, 15) is 4.79 Å². The molecule has 3 heteroatoms. The van der Waals surface area contributed by atoms with E-state index in [4.69, 9.17) is 5.21 Å². The number of nitrogens with one attached hydrogen (secondary N) is 1. The third-order valence-corrected chi connectivity index (χ3v) is 4.08. The lowest BCUT2D eigenvalue weighted by atomic mass is 9.88. The van der Waals surface area contributed by atoms with Crippen molar-refractivity contribution in [3.8, 4) is 11.1 Å². The van der Waals surface area contributed by atoms with Crippen LogP contribution in [0.5, 0.6) is 0 Å². The summed E-state index contributed by atoms with van der Waals surface area (Å²) in [7, 11) is 0. The van der Waals surface area contributed by atoms with Crippen LogP contribution in [-0.4, -0.2) is 11.1 Å². The molecule has 120 valence electrons. The maximum Gasteiger partial charge on any atom is 0.255 e. The molecule has 0 heterocycles. The first-order valence-electron chi connectivity index (χ1n) is 7.85. The van der Waals surface area contributed by atoms with Crippen LogP contribution in [0.3, 0.4) is 0 Å². The summed E-state index contributed by atoms with van der Waals surface area (Å²) in [5.41, 5.74) is 6.80. The Hall–Kier alpha value is -2.91. The SMILES string of the molecule is Cc1cccc(-c2cccc(C(C(=O)NO)c3ccccc3)c2)c1. The highest BCUT2D eigenvalue weighted by Crippen LogP contribution is 2.29. The second-order valence-electron chi connectivity index (χ2n) is 5.81. The lowest BCUT2D eigenvalue weighted by molar-refractivity contribution is -0.129. The molecule has 24 heavy (non-hydrogen) atoms. The lowest BCUT2D eigenvalue weighted by Crippen LogP contribution is -2.27. The Kier molecular flexibility index (Phi) is 4.73. The van der Waals surface area contributed by atoms with Crippen LogP contribution in [0.4, 0.5) is 0 Å². The average molecular weight is 317 g/mol. The molecule has 1 atom stereocenters. The van der Waals surface area contributed by atoms with E-state index < -0.39 is 11.8 Å². The van der Waals surface area contributed by atoms with Gasteiger partial charge in [-0.15, -0.1) is 0 Å². The van der Waals surface area contributed by atoms with E-state index in [1.54, 1.807) is 5.48 Å². The third-order valence-electron chi connectivity index (χ3n) is 4.08. The maximum atomic E-state index is 12.3. The number of carbonyl (C=O) groups is 1. The second-order valence-corrected chi connectivity index (χ2v) is 5.81. The van der Waals surface area contributed by atoms with Crippen LogP contribution >= 0.6 is 0 Å². The Labute approximate surface area is 141 Å². The number of aryl methyl sites for hydroxylation is 1. The minimum atomic E-state index is -0.555. The van der Waals surface area contributed by atoms with Crippen LogP contribution < -0.4 is 5.48 Å². The fourth-order valence-electron chi connectivity index (χ4n) is 2.93. The highest BCUT2D eigenvalue weighted by molar-refractivity contribution is 5.86. The smallest absolute Gasteiger partial charge is 0.255 e. The van der Waals surface area contributed by atoms with Gasteiger partial charge in [0.1, 0.15) is 0 Å². The normalized spacial score (nSPS) is 11.8. The molecule has 0 bridgehead atoms. The second kappa shape index (κ2) is 7.11. The first-order valence-corrected chi connectivity index (χ1v) is 7.85. The van der Waals surface area contributed by atoms with Crippen LogP contribution in [0.1, 0.15) is 22.6 Å². The molecule has 0 aliphatic heterocycles. The summed E-state index contributed by atoms with van der Waals surface area (Å²) in [6, 6.07) is 25.6. The minimum absolute atomic E-state index is 0.442. The molecule has 3 aromatic rings. The molecule has 3 nitrogen and oxygen atoms in total. The summed E-state index contributed by atoms with van der Waals surface area (Å²) < 4.78 is 0. The average Bonchev–Trinajstić information content (AvgIpc) is 2.63. The molecule has 0 saturated carbocycles. The molecule has 3 rings (SSSR count). The summed E-state index contributed by atoms with van der Waals surface area (Å²) in [4.78, 5) is 12.3. The fourth-order valence-corrected chi connectivity index (χ4v) is 2.93. The molecule has 0 aliphatic carbocycles. The van der Waals surface area contributed by atoms with Gasteiger partial charge in [0.15, 0.2) is 0 Å². The topological polar surface area (TPSA) is 49.3 Å². The molecule has 0 fully saturated rings. The van der Waals surface area contributed by atoms with Crippen LogP contribution in [-0.2, 0) is 4.79 Å².